The van der Waals surface area contributed by atoms with E-state index >= 15 is 0 Å². The van der Waals surface area contributed by atoms with E-state index < -0.39 is 12.1 Å². The number of ether oxygens (including phenoxy) is 1. The van der Waals surface area contributed by atoms with Crippen molar-refractivity contribution in [1.29, 1.82) is 0 Å². The molecule has 1 atom stereocenters. The molecule has 6 nitrogen and oxygen atoms in total. The van der Waals surface area contributed by atoms with E-state index in [1.54, 1.807) is 24.8 Å². The Hall–Kier alpha value is -2.76. The maximum absolute atomic E-state index is 12.5. The van der Waals surface area contributed by atoms with Crippen molar-refractivity contribution in [3.05, 3.63) is 54.0 Å². The zero-order valence-electron chi connectivity index (χ0n) is 14.5. The first kappa shape index (κ1) is 17.1. The van der Waals surface area contributed by atoms with Gasteiger partial charge in [-0.3, -0.25) is 4.79 Å². The number of nitrogens with zero attached hydrogens (tertiary/aromatic N) is 2. The van der Waals surface area contributed by atoms with Gasteiger partial charge in [0.15, 0.2) is 6.10 Å². The number of hydrogen-bond acceptors (Lipinski definition) is 5. The number of amides is 1. The van der Waals surface area contributed by atoms with Gasteiger partial charge in [0.1, 0.15) is 11.3 Å². The smallest absolute Gasteiger partial charge is 0.342 e. The Morgan fingerprint density at radius 2 is 1.76 bits per heavy atom. The molecule has 0 bridgehead atoms. The number of esters is 1. The van der Waals surface area contributed by atoms with Crippen molar-refractivity contribution in [2.45, 2.75) is 20.0 Å². The predicted octanol–water partition coefficient (Wildman–Crippen LogP) is 2.48. The average Bonchev–Trinajstić information content (AvgIpc) is 3.08. The van der Waals surface area contributed by atoms with Gasteiger partial charge in [-0.05, 0) is 32.0 Å². The average molecular weight is 342 g/mol. The topological polar surface area (TPSA) is 63.0 Å². The largest absolute Gasteiger partial charge is 0.469 e. The normalized spacial score (nSPS) is 15.8. The lowest BCUT2D eigenvalue weighted by atomic mass is 10.2. The molecule has 1 amide bonds. The summed E-state index contributed by atoms with van der Waals surface area (Å²) in [6, 6.07) is 11.7. The molecular formula is C19H22N2O4. The monoisotopic (exact) mass is 342 g/mol. The van der Waals surface area contributed by atoms with Gasteiger partial charge in [0, 0.05) is 31.9 Å². The first-order valence-electron chi connectivity index (χ1n) is 8.40. The number of para-hydroxylation sites is 1. The summed E-state index contributed by atoms with van der Waals surface area (Å²) in [7, 11) is 0. The molecule has 25 heavy (non-hydrogen) atoms. The molecule has 0 unspecified atom stereocenters. The molecular weight excluding hydrogens is 320 g/mol. The minimum absolute atomic E-state index is 0.165. The number of hydrogen-bond donors (Lipinski definition) is 0. The molecule has 1 saturated heterocycles. The summed E-state index contributed by atoms with van der Waals surface area (Å²) < 4.78 is 10.4. The van der Waals surface area contributed by atoms with Gasteiger partial charge in [-0.2, -0.15) is 0 Å². The van der Waals surface area contributed by atoms with E-state index in [1.807, 2.05) is 18.2 Å². The van der Waals surface area contributed by atoms with Gasteiger partial charge in [0.2, 0.25) is 0 Å². The molecule has 6 heteroatoms. The molecule has 0 N–H and O–H groups in total. The second-order valence-electron chi connectivity index (χ2n) is 6.09. The van der Waals surface area contributed by atoms with Crippen molar-refractivity contribution < 1.29 is 18.7 Å². The highest BCUT2D eigenvalue weighted by atomic mass is 16.5. The van der Waals surface area contributed by atoms with E-state index in [0.29, 0.717) is 24.4 Å². The van der Waals surface area contributed by atoms with Crippen LogP contribution in [0.4, 0.5) is 5.69 Å². The number of carbonyl (C=O) groups excluding carboxylic acids is 2. The summed E-state index contributed by atoms with van der Waals surface area (Å²) in [6.07, 6.45) is 0.617. The number of piperazine rings is 1. The molecule has 1 aromatic carbocycles. The summed E-state index contributed by atoms with van der Waals surface area (Å²) in [4.78, 5) is 28.6. The molecule has 1 aliphatic heterocycles. The zero-order chi connectivity index (χ0) is 17.8. The van der Waals surface area contributed by atoms with Crippen molar-refractivity contribution in [2.24, 2.45) is 0 Å². The first-order chi connectivity index (χ1) is 12.1. The van der Waals surface area contributed by atoms with Gasteiger partial charge in [-0.1, -0.05) is 18.2 Å². The highest BCUT2D eigenvalue weighted by Gasteiger charge is 2.28. The molecule has 132 valence electrons. The van der Waals surface area contributed by atoms with Crippen LogP contribution < -0.4 is 4.90 Å². The lowest BCUT2D eigenvalue weighted by Gasteiger charge is -2.37. The van der Waals surface area contributed by atoms with E-state index in [1.165, 1.54) is 6.26 Å². The number of benzene rings is 1. The van der Waals surface area contributed by atoms with Gasteiger partial charge in [0.25, 0.3) is 5.91 Å². The Labute approximate surface area is 147 Å². The van der Waals surface area contributed by atoms with Crippen molar-refractivity contribution in [3.63, 3.8) is 0 Å². The number of aryl methyl sites for hydroxylation is 1. The van der Waals surface area contributed by atoms with Crippen molar-refractivity contribution in [1.82, 2.24) is 4.90 Å². The maximum Gasteiger partial charge on any atom is 0.342 e. The van der Waals surface area contributed by atoms with E-state index in [-0.39, 0.29) is 5.91 Å². The van der Waals surface area contributed by atoms with Crippen LogP contribution in [-0.2, 0) is 9.53 Å². The molecule has 2 aromatic rings. The summed E-state index contributed by atoms with van der Waals surface area (Å²) in [5.41, 5.74) is 1.51. The fraction of sp³-hybridized carbons (Fsp3) is 0.368. The molecule has 0 spiro atoms. The highest BCUT2D eigenvalue weighted by Crippen LogP contribution is 2.17. The Morgan fingerprint density at radius 3 is 2.36 bits per heavy atom. The molecule has 0 radical (unpaired) electrons. The summed E-state index contributed by atoms with van der Waals surface area (Å²) in [5, 5.41) is 0. The van der Waals surface area contributed by atoms with E-state index in [9.17, 15) is 9.59 Å². The van der Waals surface area contributed by atoms with Gasteiger partial charge < -0.3 is 19.0 Å². The maximum atomic E-state index is 12.5. The van der Waals surface area contributed by atoms with Crippen LogP contribution in [0.2, 0.25) is 0 Å². The predicted molar refractivity (Wildman–Crippen MR) is 93.6 cm³/mol. The van der Waals surface area contributed by atoms with Crippen molar-refractivity contribution in [3.8, 4) is 0 Å². The molecule has 3 rings (SSSR count). The lowest BCUT2D eigenvalue weighted by Crippen LogP contribution is -2.51. The van der Waals surface area contributed by atoms with Crippen LogP contribution in [0, 0.1) is 6.92 Å². The third kappa shape index (κ3) is 3.84. The lowest BCUT2D eigenvalue weighted by molar-refractivity contribution is -0.140. The molecule has 0 aliphatic carbocycles. The van der Waals surface area contributed by atoms with Gasteiger partial charge in [-0.15, -0.1) is 0 Å². The third-order valence-electron chi connectivity index (χ3n) is 4.42. The standard InChI is InChI=1S/C19H22N2O4/c1-14-17(8-13-24-14)19(23)25-15(2)18(22)21-11-9-20(10-12-21)16-6-4-3-5-7-16/h3-8,13,15H,9-12H2,1-2H3/t15-/m1/s1. The Kier molecular flexibility index (Phi) is 5.07. The van der Waals surface area contributed by atoms with E-state index in [0.717, 1.165) is 18.8 Å². The molecule has 1 aliphatic rings. The number of carbonyl (C=O) groups is 2. The third-order valence-corrected chi connectivity index (χ3v) is 4.42. The van der Waals surface area contributed by atoms with Gasteiger partial charge >= 0.3 is 5.97 Å². The Morgan fingerprint density at radius 1 is 1.08 bits per heavy atom. The van der Waals surface area contributed by atoms with Crippen LogP contribution in [0.15, 0.2) is 47.1 Å². The molecule has 0 saturated carbocycles. The summed E-state index contributed by atoms with van der Waals surface area (Å²) in [6.45, 7) is 6.04. The molecule has 1 aromatic heterocycles. The quantitative estimate of drug-likeness (QED) is 0.799. The first-order valence-corrected chi connectivity index (χ1v) is 8.40. The SMILES string of the molecule is Cc1occc1C(=O)O[C@H](C)C(=O)N1CCN(c2ccccc2)CC1. The Balaban J connectivity index is 1.53. The van der Waals surface area contributed by atoms with Crippen LogP contribution in [0.5, 0.6) is 0 Å². The number of furan rings is 1. The van der Waals surface area contributed by atoms with E-state index in [2.05, 4.69) is 17.0 Å². The zero-order valence-corrected chi connectivity index (χ0v) is 14.5. The number of rotatable bonds is 4. The van der Waals surface area contributed by atoms with Crippen molar-refractivity contribution >= 4 is 17.6 Å². The van der Waals surface area contributed by atoms with Crippen LogP contribution in [0.1, 0.15) is 23.0 Å². The number of anilines is 1. The summed E-state index contributed by atoms with van der Waals surface area (Å²) in [5.74, 6) is -0.210. The van der Waals surface area contributed by atoms with E-state index in [4.69, 9.17) is 9.15 Å². The van der Waals surface area contributed by atoms with Gasteiger partial charge in [-0.25, -0.2) is 4.79 Å². The second kappa shape index (κ2) is 7.42. The molecule has 1 fully saturated rings. The fourth-order valence-electron chi connectivity index (χ4n) is 2.95. The van der Waals surface area contributed by atoms with Crippen LogP contribution in [0.25, 0.3) is 0 Å². The highest BCUT2D eigenvalue weighted by molar-refractivity contribution is 5.93. The fourth-order valence-corrected chi connectivity index (χ4v) is 2.95. The van der Waals surface area contributed by atoms with Crippen molar-refractivity contribution in [2.75, 3.05) is 31.1 Å². The van der Waals surface area contributed by atoms with Gasteiger partial charge in [0.05, 0.1) is 6.26 Å². The summed E-state index contributed by atoms with van der Waals surface area (Å²) >= 11 is 0. The van der Waals surface area contributed by atoms with Crippen LogP contribution in [-0.4, -0.2) is 49.1 Å². The van der Waals surface area contributed by atoms with Crippen LogP contribution >= 0.6 is 0 Å². The van der Waals surface area contributed by atoms with Crippen LogP contribution in [0.3, 0.4) is 0 Å². The minimum Gasteiger partial charge on any atom is -0.469 e. The minimum atomic E-state index is -0.815. The Bertz CT molecular complexity index is 733. The molecule has 2 heterocycles. The second-order valence-corrected chi connectivity index (χ2v) is 6.09.